The Balaban J connectivity index is 1.98. The van der Waals surface area contributed by atoms with Crippen molar-refractivity contribution >= 4 is 0 Å². The van der Waals surface area contributed by atoms with Crippen LogP contribution in [0.5, 0.6) is 0 Å². The van der Waals surface area contributed by atoms with Gasteiger partial charge in [0.25, 0.3) is 0 Å². The van der Waals surface area contributed by atoms with Crippen molar-refractivity contribution < 1.29 is 28.1 Å². The number of hydrogen-bond acceptors (Lipinski definition) is 1. The molecule has 6 heteroatoms. The zero-order chi connectivity index (χ0) is 14.6. The van der Waals surface area contributed by atoms with Crippen LogP contribution in [0.1, 0.15) is 11.1 Å². The summed E-state index contributed by atoms with van der Waals surface area (Å²) >= 11 is 0. The smallest absolute Gasteiger partial charge is 0.391 e. The molecule has 0 atom stereocenters. The minimum Gasteiger partial charge on any atom is -0.391 e. The fraction of sp³-hybridized carbons (Fsp3) is 0.571. The van der Waals surface area contributed by atoms with Crippen molar-refractivity contribution in [1.29, 1.82) is 0 Å². The van der Waals surface area contributed by atoms with E-state index in [1.165, 1.54) is 15.9 Å². The maximum Gasteiger partial charge on any atom is 0.416 e. The maximum atomic E-state index is 12.9. The number of hydrogen-bond donors (Lipinski definition) is 3. The molecule has 1 aromatic carbocycles. The van der Waals surface area contributed by atoms with Crippen LogP contribution in [0.4, 0.5) is 13.2 Å². The van der Waals surface area contributed by atoms with Crippen LogP contribution in [-0.4, -0.2) is 44.4 Å². The topological polar surface area (TPSA) is 29.1 Å². The fourth-order valence-corrected chi connectivity index (χ4v) is 2.76. The normalized spacial score (nSPS) is 23.8. The minimum absolute atomic E-state index is 0.168. The van der Waals surface area contributed by atoms with Crippen molar-refractivity contribution in [2.24, 2.45) is 0 Å². The average Bonchev–Trinajstić information content (AvgIpc) is 2.41. The predicted molar refractivity (Wildman–Crippen MR) is 68.5 cm³/mol. The zero-order valence-electron chi connectivity index (χ0n) is 11.3. The third-order valence-corrected chi connectivity index (χ3v) is 3.89. The van der Waals surface area contributed by atoms with Crippen LogP contribution in [0.3, 0.4) is 0 Å². The number of rotatable bonds is 4. The van der Waals surface area contributed by atoms with Crippen LogP contribution in [0.2, 0.25) is 0 Å². The number of nitrogens with one attached hydrogen (secondary N) is 2. The van der Waals surface area contributed by atoms with E-state index in [4.69, 9.17) is 5.11 Å². The Hall–Kier alpha value is -1.11. The van der Waals surface area contributed by atoms with E-state index in [9.17, 15) is 13.2 Å². The first kappa shape index (κ1) is 15.3. The van der Waals surface area contributed by atoms with Gasteiger partial charge in [0.2, 0.25) is 0 Å². The maximum absolute atomic E-state index is 12.9. The largest absolute Gasteiger partial charge is 0.416 e. The molecule has 20 heavy (non-hydrogen) atoms. The Morgan fingerprint density at radius 3 is 2.20 bits per heavy atom. The molecule has 0 radical (unpaired) electrons. The van der Waals surface area contributed by atoms with E-state index in [0.29, 0.717) is 12.1 Å². The molecular weight excluding hydrogens is 269 g/mol. The molecule has 0 aromatic heterocycles. The lowest BCUT2D eigenvalue weighted by Gasteiger charge is -2.29. The number of benzene rings is 1. The number of quaternary nitrogens is 2. The lowest BCUT2D eigenvalue weighted by Crippen LogP contribution is -3.27. The summed E-state index contributed by atoms with van der Waals surface area (Å²) in [6, 6.07) is 5.83. The summed E-state index contributed by atoms with van der Waals surface area (Å²) in [6.45, 7) is 4.83. The molecule has 1 saturated heterocycles. The first-order valence-electron chi connectivity index (χ1n) is 6.94. The standard InChI is InChI=1S/C14H19F3N2O/c15-14(16,17)13-4-2-1-3-12(13)11-19-7-5-18(6-8-19)9-10-20/h1-4,20H,5-11H2/p+2. The molecule has 0 unspecified atom stereocenters. The van der Waals surface area contributed by atoms with Crippen molar-refractivity contribution in [2.75, 3.05) is 39.3 Å². The molecule has 112 valence electrons. The van der Waals surface area contributed by atoms with E-state index in [-0.39, 0.29) is 6.61 Å². The van der Waals surface area contributed by atoms with E-state index >= 15 is 0 Å². The van der Waals surface area contributed by atoms with E-state index in [1.807, 2.05) is 0 Å². The highest BCUT2D eigenvalue weighted by Gasteiger charge is 2.34. The van der Waals surface area contributed by atoms with Gasteiger partial charge >= 0.3 is 6.18 Å². The van der Waals surface area contributed by atoms with E-state index in [1.54, 1.807) is 12.1 Å². The van der Waals surface area contributed by atoms with Gasteiger partial charge in [-0.05, 0) is 6.07 Å². The van der Waals surface area contributed by atoms with Crippen molar-refractivity contribution in [2.45, 2.75) is 12.7 Å². The molecule has 1 aromatic rings. The Morgan fingerprint density at radius 1 is 1.00 bits per heavy atom. The van der Waals surface area contributed by atoms with Crippen LogP contribution in [0.15, 0.2) is 24.3 Å². The molecule has 2 rings (SSSR count). The molecule has 0 saturated carbocycles. The summed E-state index contributed by atoms with van der Waals surface area (Å²) in [7, 11) is 0. The molecule has 1 fully saturated rings. The first-order chi connectivity index (χ1) is 9.50. The van der Waals surface area contributed by atoms with Gasteiger partial charge in [0.05, 0.1) is 12.2 Å². The van der Waals surface area contributed by atoms with Crippen molar-refractivity contribution in [1.82, 2.24) is 0 Å². The van der Waals surface area contributed by atoms with Gasteiger partial charge in [0.1, 0.15) is 39.3 Å². The molecule has 1 aliphatic rings. The van der Waals surface area contributed by atoms with Gasteiger partial charge in [0, 0.05) is 5.56 Å². The van der Waals surface area contributed by atoms with Crippen molar-refractivity contribution in [3.05, 3.63) is 35.4 Å². The second kappa shape index (κ2) is 6.56. The van der Waals surface area contributed by atoms with E-state index < -0.39 is 11.7 Å². The van der Waals surface area contributed by atoms with Crippen LogP contribution in [-0.2, 0) is 12.7 Å². The number of aliphatic hydroxyl groups is 1. The van der Waals surface area contributed by atoms with Gasteiger partial charge < -0.3 is 14.9 Å². The predicted octanol–water partition coefficient (Wildman–Crippen LogP) is -1.02. The number of piperazine rings is 1. The molecule has 3 nitrogen and oxygen atoms in total. The molecule has 0 spiro atoms. The zero-order valence-corrected chi connectivity index (χ0v) is 11.3. The quantitative estimate of drug-likeness (QED) is 0.651. The Morgan fingerprint density at radius 2 is 1.60 bits per heavy atom. The molecule has 0 aliphatic carbocycles. The Bertz CT molecular complexity index is 429. The highest BCUT2D eigenvalue weighted by atomic mass is 19.4. The molecule has 1 heterocycles. The molecule has 1 aliphatic heterocycles. The van der Waals surface area contributed by atoms with Crippen molar-refractivity contribution in [3.63, 3.8) is 0 Å². The summed E-state index contributed by atoms with van der Waals surface area (Å²) in [5.74, 6) is 0. The third kappa shape index (κ3) is 3.94. The highest BCUT2D eigenvalue weighted by molar-refractivity contribution is 5.28. The van der Waals surface area contributed by atoms with Gasteiger partial charge in [-0.25, -0.2) is 0 Å². The lowest BCUT2D eigenvalue weighted by molar-refractivity contribution is -1.02. The van der Waals surface area contributed by atoms with E-state index in [2.05, 4.69) is 0 Å². The monoisotopic (exact) mass is 290 g/mol. The number of alkyl halides is 3. The Labute approximate surface area is 116 Å². The first-order valence-corrected chi connectivity index (χ1v) is 6.94. The second-order valence-corrected chi connectivity index (χ2v) is 5.31. The van der Waals surface area contributed by atoms with Crippen LogP contribution < -0.4 is 9.80 Å². The van der Waals surface area contributed by atoms with Crippen molar-refractivity contribution in [3.8, 4) is 0 Å². The summed E-state index contributed by atoms with van der Waals surface area (Å²) in [5.41, 5.74) is -0.141. The molecule has 0 bridgehead atoms. The van der Waals surface area contributed by atoms with Crippen LogP contribution in [0.25, 0.3) is 0 Å². The summed E-state index contributed by atoms with van der Waals surface area (Å²) in [6.07, 6.45) is -4.28. The highest BCUT2D eigenvalue weighted by Crippen LogP contribution is 2.31. The minimum atomic E-state index is -4.28. The number of halogens is 3. The molecule has 0 amide bonds. The molecular formula is C14H21F3N2O+2. The van der Waals surface area contributed by atoms with Gasteiger partial charge in [0.15, 0.2) is 0 Å². The fourth-order valence-electron chi connectivity index (χ4n) is 2.76. The Kier molecular flexibility index (Phi) is 5.01. The van der Waals surface area contributed by atoms with E-state index in [0.717, 1.165) is 38.8 Å². The second-order valence-electron chi connectivity index (χ2n) is 5.31. The lowest BCUT2D eigenvalue weighted by atomic mass is 10.1. The van der Waals surface area contributed by atoms with Gasteiger partial charge in [-0.3, -0.25) is 0 Å². The third-order valence-electron chi connectivity index (χ3n) is 3.89. The van der Waals surface area contributed by atoms with Gasteiger partial charge in [-0.15, -0.1) is 0 Å². The van der Waals surface area contributed by atoms with Crippen LogP contribution >= 0.6 is 0 Å². The van der Waals surface area contributed by atoms with Gasteiger partial charge in [-0.2, -0.15) is 13.2 Å². The van der Waals surface area contributed by atoms with Gasteiger partial charge in [-0.1, -0.05) is 18.2 Å². The average molecular weight is 290 g/mol. The summed E-state index contributed by atoms with van der Waals surface area (Å²) < 4.78 is 38.8. The SMILES string of the molecule is OCC[NH+]1CC[NH+](Cc2ccccc2C(F)(F)F)CC1. The summed E-state index contributed by atoms with van der Waals surface area (Å²) in [4.78, 5) is 2.52. The van der Waals surface area contributed by atoms with Crippen LogP contribution in [0, 0.1) is 0 Å². The summed E-state index contributed by atoms with van der Waals surface area (Å²) in [5, 5.41) is 8.89. The molecule has 3 N–H and O–H groups in total. The number of aliphatic hydroxyl groups excluding tert-OH is 1.